The molecule has 0 aliphatic carbocycles. The van der Waals surface area contributed by atoms with Gasteiger partial charge in [0.2, 0.25) is 0 Å². The van der Waals surface area contributed by atoms with Crippen LogP contribution < -0.4 is 9.64 Å². The smallest absolute Gasteiger partial charge is 0.257 e. The molecule has 0 spiro atoms. The van der Waals surface area contributed by atoms with Crippen LogP contribution in [0.4, 0.5) is 5.69 Å². The Balaban J connectivity index is 1.62. The van der Waals surface area contributed by atoms with Crippen LogP contribution in [0.3, 0.4) is 0 Å². The highest BCUT2D eigenvalue weighted by molar-refractivity contribution is 8.19. The molecular formula is C30H27NO2S2. The maximum atomic E-state index is 14.2. The molecule has 3 nitrogen and oxygen atoms in total. The van der Waals surface area contributed by atoms with Gasteiger partial charge in [-0.25, -0.2) is 0 Å². The molecule has 1 aliphatic rings. The number of methoxy groups -OCH3 is 1. The summed E-state index contributed by atoms with van der Waals surface area (Å²) in [7, 11) is 1.65. The van der Waals surface area contributed by atoms with E-state index in [1.165, 1.54) is 11.1 Å². The van der Waals surface area contributed by atoms with E-state index >= 15 is 0 Å². The molecule has 1 unspecified atom stereocenters. The average molecular weight is 498 g/mol. The molecule has 1 atom stereocenters. The SMILES string of the molecule is COc1ccc(N2C(=O)C(Sc3ccc(C)cc3)(Sc3ccc(C)cc3)C2c2ccccc2)cc1. The maximum Gasteiger partial charge on any atom is 0.257 e. The summed E-state index contributed by atoms with van der Waals surface area (Å²) in [6.45, 7) is 4.16. The van der Waals surface area contributed by atoms with E-state index in [0.717, 1.165) is 26.8 Å². The quantitative estimate of drug-likeness (QED) is 0.193. The van der Waals surface area contributed by atoms with Gasteiger partial charge in [-0.2, -0.15) is 0 Å². The lowest BCUT2D eigenvalue weighted by atomic mass is 9.91. The molecule has 35 heavy (non-hydrogen) atoms. The van der Waals surface area contributed by atoms with E-state index in [-0.39, 0.29) is 11.9 Å². The number of benzene rings is 4. The van der Waals surface area contributed by atoms with Crippen molar-refractivity contribution in [1.82, 2.24) is 0 Å². The minimum Gasteiger partial charge on any atom is -0.497 e. The van der Waals surface area contributed by atoms with Crippen LogP contribution in [0, 0.1) is 13.8 Å². The van der Waals surface area contributed by atoms with Crippen molar-refractivity contribution in [2.45, 2.75) is 33.8 Å². The fourth-order valence-corrected chi connectivity index (χ4v) is 7.37. The summed E-state index contributed by atoms with van der Waals surface area (Å²) in [5.41, 5.74) is 4.39. The molecule has 0 aromatic heterocycles. The second-order valence-electron chi connectivity index (χ2n) is 8.68. The van der Waals surface area contributed by atoms with Crippen molar-refractivity contribution >= 4 is 35.1 Å². The van der Waals surface area contributed by atoms with Crippen molar-refractivity contribution in [3.8, 4) is 5.75 Å². The number of hydrogen-bond acceptors (Lipinski definition) is 4. The molecule has 4 aromatic rings. The summed E-state index contributed by atoms with van der Waals surface area (Å²) in [6, 6.07) is 34.8. The van der Waals surface area contributed by atoms with Crippen LogP contribution in [0.25, 0.3) is 0 Å². The lowest BCUT2D eigenvalue weighted by molar-refractivity contribution is -0.124. The van der Waals surface area contributed by atoms with E-state index in [4.69, 9.17) is 4.74 Å². The van der Waals surface area contributed by atoms with Crippen LogP contribution in [0.15, 0.2) is 113 Å². The van der Waals surface area contributed by atoms with E-state index in [2.05, 4.69) is 74.5 Å². The summed E-state index contributed by atoms with van der Waals surface area (Å²) >= 11 is 3.30. The van der Waals surface area contributed by atoms with Gasteiger partial charge in [0, 0.05) is 15.5 Å². The lowest BCUT2D eigenvalue weighted by Crippen LogP contribution is -2.65. The largest absolute Gasteiger partial charge is 0.497 e. The van der Waals surface area contributed by atoms with Gasteiger partial charge in [-0.1, -0.05) is 89.2 Å². The van der Waals surface area contributed by atoms with E-state index in [9.17, 15) is 4.79 Å². The number of thioether (sulfide) groups is 2. The van der Waals surface area contributed by atoms with Crippen LogP contribution in [0.5, 0.6) is 5.75 Å². The van der Waals surface area contributed by atoms with E-state index in [1.807, 2.05) is 47.4 Å². The summed E-state index contributed by atoms with van der Waals surface area (Å²) in [5, 5.41) is 0. The van der Waals surface area contributed by atoms with Gasteiger partial charge >= 0.3 is 0 Å². The van der Waals surface area contributed by atoms with Crippen LogP contribution in [-0.4, -0.2) is 17.1 Å². The molecule has 1 fully saturated rings. The number of anilines is 1. The first kappa shape index (κ1) is 23.6. The molecule has 1 saturated heterocycles. The lowest BCUT2D eigenvalue weighted by Gasteiger charge is -2.55. The summed E-state index contributed by atoms with van der Waals surface area (Å²) in [4.78, 5) is 18.3. The predicted octanol–water partition coefficient (Wildman–Crippen LogP) is 7.68. The van der Waals surface area contributed by atoms with Crippen LogP contribution in [0.1, 0.15) is 22.7 Å². The summed E-state index contributed by atoms with van der Waals surface area (Å²) in [6.07, 6.45) is 0. The van der Waals surface area contributed by atoms with Gasteiger partial charge in [0.15, 0.2) is 4.08 Å². The van der Waals surface area contributed by atoms with Gasteiger partial charge in [0.25, 0.3) is 5.91 Å². The van der Waals surface area contributed by atoms with Gasteiger partial charge < -0.3 is 9.64 Å². The van der Waals surface area contributed by atoms with Crippen LogP contribution >= 0.6 is 23.5 Å². The van der Waals surface area contributed by atoms with Gasteiger partial charge in [-0.15, -0.1) is 0 Å². The Kier molecular flexibility index (Phi) is 6.63. The van der Waals surface area contributed by atoms with E-state index in [0.29, 0.717) is 0 Å². The van der Waals surface area contributed by atoms with Crippen molar-refractivity contribution in [2.24, 2.45) is 0 Å². The molecule has 5 heteroatoms. The standard InChI is InChI=1S/C30H27NO2S2/c1-21-9-17-26(18-10-21)34-30(35-27-19-11-22(2)12-20-27)28(23-7-5-4-6-8-23)31(29(30)32)24-13-15-25(33-3)16-14-24/h4-20,28H,1-3H3. The van der Waals surface area contributed by atoms with E-state index < -0.39 is 4.08 Å². The van der Waals surface area contributed by atoms with Gasteiger partial charge in [0.05, 0.1) is 13.2 Å². The first-order valence-corrected chi connectivity index (χ1v) is 13.2. The molecule has 1 aliphatic heterocycles. The Hall–Kier alpha value is -3.15. The third-order valence-electron chi connectivity index (χ3n) is 6.18. The Morgan fingerprint density at radius 1 is 0.714 bits per heavy atom. The third kappa shape index (κ3) is 4.58. The van der Waals surface area contributed by atoms with Crippen LogP contribution in [-0.2, 0) is 4.79 Å². The molecule has 0 saturated carbocycles. The number of carbonyl (C=O) groups excluding carboxylic acids is 1. The van der Waals surface area contributed by atoms with Crippen molar-refractivity contribution in [3.05, 3.63) is 120 Å². The Morgan fingerprint density at radius 2 is 1.23 bits per heavy atom. The number of ether oxygens (including phenoxy) is 1. The summed E-state index contributed by atoms with van der Waals surface area (Å²) < 4.78 is 4.60. The zero-order valence-corrected chi connectivity index (χ0v) is 21.6. The molecule has 176 valence electrons. The normalized spacial score (nSPS) is 16.6. The Bertz CT molecular complexity index is 1260. The number of rotatable bonds is 7. The third-order valence-corrected chi connectivity index (χ3v) is 9.10. The first-order chi connectivity index (χ1) is 17.0. The summed E-state index contributed by atoms with van der Waals surface area (Å²) in [5.74, 6) is 0.861. The second kappa shape index (κ2) is 9.84. The van der Waals surface area contributed by atoms with Gasteiger partial charge in [-0.3, -0.25) is 4.79 Å². The second-order valence-corrected chi connectivity index (χ2v) is 11.6. The molecular weight excluding hydrogens is 470 g/mol. The predicted molar refractivity (Wildman–Crippen MR) is 146 cm³/mol. The topological polar surface area (TPSA) is 29.5 Å². The van der Waals surface area contributed by atoms with Crippen molar-refractivity contribution < 1.29 is 9.53 Å². The minimum absolute atomic E-state index is 0.0904. The monoisotopic (exact) mass is 497 g/mol. The molecule has 1 amide bonds. The fraction of sp³-hybridized carbons (Fsp3) is 0.167. The number of amides is 1. The molecule has 1 heterocycles. The fourth-order valence-electron chi connectivity index (χ4n) is 4.30. The van der Waals surface area contributed by atoms with Crippen LogP contribution in [0.2, 0.25) is 0 Å². The molecule has 5 rings (SSSR count). The number of carbonyl (C=O) groups is 1. The minimum atomic E-state index is -0.744. The number of aryl methyl sites for hydroxylation is 2. The Labute approximate surface area is 215 Å². The highest BCUT2D eigenvalue weighted by atomic mass is 32.2. The molecule has 0 bridgehead atoms. The molecule has 4 aromatic carbocycles. The number of nitrogens with zero attached hydrogens (tertiary/aromatic N) is 1. The zero-order valence-electron chi connectivity index (χ0n) is 20.0. The highest BCUT2D eigenvalue weighted by Crippen LogP contribution is 2.63. The van der Waals surface area contributed by atoms with Crippen molar-refractivity contribution in [3.63, 3.8) is 0 Å². The highest BCUT2D eigenvalue weighted by Gasteiger charge is 2.63. The van der Waals surface area contributed by atoms with Crippen molar-refractivity contribution in [2.75, 3.05) is 12.0 Å². The number of hydrogen-bond donors (Lipinski definition) is 0. The van der Waals surface area contributed by atoms with Gasteiger partial charge in [-0.05, 0) is 67.9 Å². The first-order valence-electron chi connectivity index (χ1n) is 11.5. The van der Waals surface area contributed by atoms with Crippen molar-refractivity contribution in [1.29, 1.82) is 0 Å². The average Bonchev–Trinajstić information content (AvgIpc) is 2.89. The molecule has 0 N–H and O–H groups in total. The molecule has 0 radical (unpaired) electrons. The van der Waals surface area contributed by atoms with Gasteiger partial charge in [0.1, 0.15) is 5.75 Å². The zero-order chi connectivity index (χ0) is 24.4. The maximum absolute atomic E-state index is 14.2. The van der Waals surface area contributed by atoms with E-state index in [1.54, 1.807) is 30.6 Å². The number of β-lactam (4-membered cyclic amide) rings is 1. The Morgan fingerprint density at radius 3 is 1.71 bits per heavy atom.